The fourth-order valence-electron chi connectivity index (χ4n) is 2.09. The first-order chi connectivity index (χ1) is 12.2. The first-order valence-electron chi connectivity index (χ1n) is 7.65. The Morgan fingerprint density at radius 3 is 2.36 bits per heavy atom. The minimum atomic E-state index is -0.237. The molecule has 0 atom stereocenters. The lowest BCUT2D eigenvalue weighted by atomic mass is 10.3. The highest BCUT2D eigenvalue weighted by molar-refractivity contribution is 9.10. The molecule has 0 saturated heterocycles. The predicted molar refractivity (Wildman–Crippen MR) is 102 cm³/mol. The van der Waals surface area contributed by atoms with Crippen LogP contribution in [0.4, 0.5) is 17.2 Å². The molecule has 3 aromatic rings. The molecule has 2 N–H and O–H groups in total. The van der Waals surface area contributed by atoms with Crippen LogP contribution in [0.2, 0.25) is 0 Å². The zero-order valence-electron chi connectivity index (χ0n) is 13.3. The number of hydrogen-bond acceptors (Lipinski definition) is 4. The summed E-state index contributed by atoms with van der Waals surface area (Å²) < 4.78 is 6.42. The van der Waals surface area contributed by atoms with Crippen molar-refractivity contribution in [1.82, 2.24) is 4.98 Å². The van der Waals surface area contributed by atoms with E-state index in [2.05, 4.69) is 31.5 Å². The van der Waals surface area contributed by atoms with Crippen LogP contribution in [-0.4, -0.2) is 17.5 Å². The Bertz CT molecular complexity index is 822. The number of amides is 1. The Hall–Kier alpha value is -2.86. The number of nitrogens with zero attached hydrogens (tertiary/aromatic N) is 1. The number of aromatic nitrogens is 1. The zero-order chi connectivity index (χ0) is 17.5. The first kappa shape index (κ1) is 17.0. The van der Waals surface area contributed by atoms with Gasteiger partial charge in [-0.25, -0.2) is 4.98 Å². The summed E-state index contributed by atoms with van der Waals surface area (Å²) in [7, 11) is 0. The van der Waals surface area contributed by atoms with Gasteiger partial charge in [0, 0.05) is 10.2 Å². The van der Waals surface area contributed by atoms with E-state index in [1.807, 2.05) is 42.5 Å². The number of hydrogen-bond donors (Lipinski definition) is 2. The molecule has 0 aliphatic carbocycles. The summed E-state index contributed by atoms with van der Waals surface area (Å²) in [5, 5.41) is 5.94. The van der Waals surface area contributed by atoms with Crippen LogP contribution in [0.15, 0.2) is 77.4 Å². The van der Waals surface area contributed by atoms with Crippen LogP contribution in [0, 0.1) is 0 Å². The lowest BCUT2D eigenvalue weighted by Gasteiger charge is -2.09. The first-order valence-corrected chi connectivity index (χ1v) is 8.45. The molecule has 0 spiro atoms. The van der Waals surface area contributed by atoms with Crippen molar-refractivity contribution < 1.29 is 9.53 Å². The van der Waals surface area contributed by atoms with Gasteiger partial charge >= 0.3 is 0 Å². The van der Waals surface area contributed by atoms with Crippen LogP contribution in [0.25, 0.3) is 0 Å². The number of carbonyl (C=O) groups excluding carboxylic acids is 1. The fourth-order valence-corrected chi connectivity index (χ4v) is 2.35. The summed E-state index contributed by atoms with van der Waals surface area (Å²) in [6, 6.07) is 20.6. The molecule has 0 saturated carbocycles. The minimum Gasteiger partial charge on any atom is -0.484 e. The fraction of sp³-hybridized carbons (Fsp3) is 0.0526. The summed E-state index contributed by atoms with van der Waals surface area (Å²) in [4.78, 5) is 16.2. The maximum absolute atomic E-state index is 11.9. The van der Waals surface area contributed by atoms with Crippen molar-refractivity contribution in [3.05, 3.63) is 77.4 Å². The van der Waals surface area contributed by atoms with Crippen LogP contribution in [0.5, 0.6) is 5.75 Å². The molecular formula is C19H16BrN3O2. The van der Waals surface area contributed by atoms with Crippen LogP contribution >= 0.6 is 15.9 Å². The number of para-hydroxylation sites is 1. The van der Waals surface area contributed by atoms with E-state index in [1.54, 1.807) is 30.5 Å². The van der Waals surface area contributed by atoms with E-state index < -0.39 is 0 Å². The third kappa shape index (κ3) is 5.32. The molecule has 0 aliphatic heterocycles. The summed E-state index contributed by atoms with van der Waals surface area (Å²) in [5.74, 6) is 1.12. The van der Waals surface area contributed by atoms with Gasteiger partial charge in [0.1, 0.15) is 11.6 Å². The summed E-state index contributed by atoms with van der Waals surface area (Å²) in [5.41, 5.74) is 1.55. The number of pyridine rings is 1. The van der Waals surface area contributed by atoms with Crippen molar-refractivity contribution in [2.75, 3.05) is 17.2 Å². The summed E-state index contributed by atoms with van der Waals surface area (Å²) in [6.45, 7) is -0.0527. The van der Waals surface area contributed by atoms with Crippen molar-refractivity contribution in [2.45, 2.75) is 0 Å². The molecule has 3 rings (SSSR count). The van der Waals surface area contributed by atoms with Gasteiger partial charge in [-0.05, 0) is 48.5 Å². The highest BCUT2D eigenvalue weighted by atomic mass is 79.9. The van der Waals surface area contributed by atoms with Crippen molar-refractivity contribution >= 4 is 39.0 Å². The van der Waals surface area contributed by atoms with Crippen molar-refractivity contribution in [3.63, 3.8) is 0 Å². The molecule has 6 heteroatoms. The lowest BCUT2D eigenvalue weighted by molar-refractivity contribution is -0.118. The van der Waals surface area contributed by atoms with E-state index in [1.165, 1.54) is 0 Å². The second-order valence-corrected chi connectivity index (χ2v) is 6.13. The Kier molecular flexibility index (Phi) is 5.64. The number of carbonyl (C=O) groups is 1. The molecule has 0 aliphatic rings. The summed E-state index contributed by atoms with van der Waals surface area (Å²) >= 11 is 3.40. The molecule has 0 unspecified atom stereocenters. The number of ether oxygens (including phenoxy) is 1. The highest BCUT2D eigenvalue weighted by Gasteiger charge is 2.04. The molecule has 1 amide bonds. The van der Waals surface area contributed by atoms with Crippen LogP contribution in [0.1, 0.15) is 0 Å². The quantitative estimate of drug-likeness (QED) is 0.637. The van der Waals surface area contributed by atoms with E-state index in [-0.39, 0.29) is 12.5 Å². The van der Waals surface area contributed by atoms with Gasteiger partial charge in [-0.2, -0.15) is 0 Å². The highest BCUT2D eigenvalue weighted by Crippen LogP contribution is 2.19. The molecule has 0 bridgehead atoms. The molecule has 0 radical (unpaired) electrons. The second kappa shape index (κ2) is 8.30. The molecular weight excluding hydrogens is 382 g/mol. The molecule has 1 heterocycles. The van der Waals surface area contributed by atoms with Gasteiger partial charge in [-0.15, -0.1) is 0 Å². The average molecular weight is 398 g/mol. The Morgan fingerprint density at radius 2 is 1.68 bits per heavy atom. The molecule has 2 aromatic carbocycles. The number of anilines is 3. The van der Waals surface area contributed by atoms with Gasteiger partial charge in [-0.1, -0.05) is 34.1 Å². The SMILES string of the molecule is O=C(COc1ccccc1)Nc1ccc(Nc2ccc(Br)cc2)nc1. The normalized spacial score (nSPS) is 10.1. The maximum Gasteiger partial charge on any atom is 0.262 e. The maximum atomic E-state index is 11.9. The minimum absolute atomic E-state index is 0.0527. The van der Waals surface area contributed by atoms with Crippen molar-refractivity contribution in [3.8, 4) is 5.75 Å². The Labute approximate surface area is 154 Å². The lowest BCUT2D eigenvalue weighted by Crippen LogP contribution is -2.20. The van der Waals surface area contributed by atoms with E-state index in [9.17, 15) is 4.79 Å². The van der Waals surface area contributed by atoms with Crippen LogP contribution in [-0.2, 0) is 4.79 Å². The molecule has 126 valence electrons. The van der Waals surface area contributed by atoms with Gasteiger partial charge in [0.25, 0.3) is 5.91 Å². The smallest absolute Gasteiger partial charge is 0.262 e. The van der Waals surface area contributed by atoms with Gasteiger partial charge in [0.05, 0.1) is 11.9 Å². The number of benzene rings is 2. The average Bonchev–Trinajstić information content (AvgIpc) is 2.64. The number of halogens is 1. The van der Waals surface area contributed by atoms with Crippen LogP contribution in [0.3, 0.4) is 0 Å². The van der Waals surface area contributed by atoms with E-state index in [0.29, 0.717) is 17.3 Å². The molecule has 25 heavy (non-hydrogen) atoms. The van der Waals surface area contributed by atoms with Gasteiger partial charge in [-0.3, -0.25) is 4.79 Å². The Morgan fingerprint density at radius 1 is 0.960 bits per heavy atom. The zero-order valence-corrected chi connectivity index (χ0v) is 14.9. The molecule has 0 fully saturated rings. The molecule has 1 aromatic heterocycles. The van der Waals surface area contributed by atoms with E-state index in [4.69, 9.17) is 4.74 Å². The van der Waals surface area contributed by atoms with Crippen molar-refractivity contribution in [1.29, 1.82) is 0 Å². The number of nitrogens with one attached hydrogen (secondary N) is 2. The number of rotatable bonds is 6. The summed E-state index contributed by atoms with van der Waals surface area (Å²) in [6.07, 6.45) is 1.60. The van der Waals surface area contributed by atoms with E-state index >= 15 is 0 Å². The monoisotopic (exact) mass is 397 g/mol. The third-order valence-corrected chi connectivity index (χ3v) is 3.81. The third-order valence-electron chi connectivity index (χ3n) is 3.28. The standard InChI is InChI=1S/C19H16BrN3O2/c20-14-6-8-15(9-7-14)22-18-11-10-16(12-21-18)23-19(24)13-25-17-4-2-1-3-5-17/h1-12H,13H2,(H,21,22)(H,23,24). The topological polar surface area (TPSA) is 63.2 Å². The molecule has 5 nitrogen and oxygen atoms in total. The van der Waals surface area contributed by atoms with E-state index in [0.717, 1.165) is 10.2 Å². The largest absolute Gasteiger partial charge is 0.484 e. The van der Waals surface area contributed by atoms with Gasteiger partial charge in [0.2, 0.25) is 0 Å². The van der Waals surface area contributed by atoms with Crippen LogP contribution < -0.4 is 15.4 Å². The predicted octanol–water partition coefficient (Wildman–Crippen LogP) is 4.61. The van der Waals surface area contributed by atoms with Crippen molar-refractivity contribution in [2.24, 2.45) is 0 Å². The van der Waals surface area contributed by atoms with Gasteiger partial charge < -0.3 is 15.4 Å². The van der Waals surface area contributed by atoms with Gasteiger partial charge in [0.15, 0.2) is 6.61 Å². The Balaban J connectivity index is 1.51. The second-order valence-electron chi connectivity index (χ2n) is 5.21.